The number of anilines is 2. The Morgan fingerprint density at radius 1 is 1.25 bits per heavy atom. The third-order valence-corrected chi connectivity index (χ3v) is 5.48. The van der Waals surface area contributed by atoms with Gasteiger partial charge in [0.05, 0.1) is 35.4 Å². The van der Waals surface area contributed by atoms with E-state index in [1.54, 1.807) is 25.1 Å². The third kappa shape index (κ3) is 4.56. The first-order chi connectivity index (χ1) is 15.3. The van der Waals surface area contributed by atoms with Gasteiger partial charge in [-0.15, -0.1) is 0 Å². The van der Waals surface area contributed by atoms with E-state index in [1.807, 2.05) is 4.90 Å². The lowest BCUT2D eigenvalue weighted by atomic mass is 10.0. The van der Waals surface area contributed by atoms with Gasteiger partial charge in [0.1, 0.15) is 11.3 Å². The van der Waals surface area contributed by atoms with Gasteiger partial charge < -0.3 is 24.1 Å². The quantitative estimate of drug-likeness (QED) is 0.443. The molecule has 3 aromatic rings. The Bertz CT molecular complexity index is 1220. The van der Waals surface area contributed by atoms with Gasteiger partial charge in [0.2, 0.25) is 0 Å². The summed E-state index contributed by atoms with van der Waals surface area (Å²) in [6.07, 6.45) is 0. The van der Waals surface area contributed by atoms with Gasteiger partial charge in [-0.1, -0.05) is 17.7 Å². The van der Waals surface area contributed by atoms with Gasteiger partial charge in [-0.3, -0.25) is 9.59 Å². The van der Waals surface area contributed by atoms with Crippen LogP contribution in [0.3, 0.4) is 0 Å². The van der Waals surface area contributed by atoms with Crippen molar-refractivity contribution in [2.24, 2.45) is 0 Å². The maximum atomic E-state index is 14.5. The number of halogens is 2. The molecule has 1 saturated heterocycles. The summed E-state index contributed by atoms with van der Waals surface area (Å²) in [4.78, 5) is 26.4. The van der Waals surface area contributed by atoms with E-state index in [9.17, 15) is 14.0 Å². The van der Waals surface area contributed by atoms with Crippen LogP contribution in [0.2, 0.25) is 5.02 Å². The highest BCUT2D eigenvalue weighted by Crippen LogP contribution is 2.33. The van der Waals surface area contributed by atoms with Crippen molar-refractivity contribution >= 4 is 40.1 Å². The molecule has 0 aliphatic carbocycles. The Morgan fingerprint density at radius 3 is 2.72 bits per heavy atom. The fourth-order valence-electron chi connectivity index (χ4n) is 3.66. The SMILES string of the molecule is CC(=O)Oc1cc(C(C)Nc2cccc(Cl)c2F)c2oc(N3CCOCC3)cc(=O)c2c1. The van der Waals surface area contributed by atoms with Crippen molar-refractivity contribution in [3.63, 3.8) is 0 Å². The summed E-state index contributed by atoms with van der Waals surface area (Å²) in [6.45, 7) is 5.32. The number of ether oxygens (including phenoxy) is 2. The first-order valence-corrected chi connectivity index (χ1v) is 10.5. The molecular formula is C23H22ClFN2O5. The van der Waals surface area contributed by atoms with Gasteiger partial charge in [0.25, 0.3) is 0 Å². The summed E-state index contributed by atoms with van der Waals surface area (Å²) in [5.74, 6) is -0.483. The average molecular weight is 461 g/mol. The molecule has 7 nitrogen and oxygen atoms in total. The van der Waals surface area contributed by atoms with Crippen molar-refractivity contribution in [1.82, 2.24) is 0 Å². The largest absolute Gasteiger partial charge is 0.440 e. The van der Waals surface area contributed by atoms with E-state index in [-0.39, 0.29) is 27.3 Å². The molecule has 2 heterocycles. The molecule has 0 radical (unpaired) electrons. The highest BCUT2D eigenvalue weighted by molar-refractivity contribution is 6.31. The van der Waals surface area contributed by atoms with Gasteiger partial charge in [-0.25, -0.2) is 4.39 Å². The first kappa shape index (κ1) is 22.1. The fourth-order valence-corrected chi connectivity index (χ4v) is 3.83. The molecule has 1 fully saturated rings. The number of esters is 1. The molecule has 0 spiro atoms. The van der Waals surface area contributed by atoms with Crippen LogP contribution < -0.4 is 20.4 Å². The monoisotopic (exact) mass is 460 g/mol. The summed E-state index contributed by atoms with van der Waals surface area (Å²) < 4.78 is 31.2. The van der Waals surface area contributed by atoms with Gasteiger partial charge in [0, 0.05) is 31.6 Å². The van der Waals surface area contributed by atoms with E-state index in [0.717, 1.165) is 0 Å². The van der Waals surface area contributed by atoms with Crippen LogP contribution in [-0.2, 0) is 9.53 Å². The lowest BCUT2D eigenvalue weighted by Crippen LogP contribution is -2.36. The summed E-state index contributed by atoms with van der Waals surface area (Å²) in [7, 11) is 0. The van der Waals surface area contributed by atoms with E-state index in [1.165, 1.54) is 25.1 Å². The minimum Gasteiger partial charge on any atom is -0.440 e. The van der Waals surface area contributed by atoms with Crippen LogP contribution in [-0.4, -0.2) is 32.3 Å². The second-order valence-electron chi connectivity index (χ2n) is 7.50. The van der Waals surface area contributed by atoms with Crippen molar-refractivity contribution in [2.45, 2.75) is 19.9 Å². The number of fused-ring (bicyclic) bond motifs is 1. The van der Waals surface area contributed by atoms with Gasteiger partial charge in [-0.2, -0.15) is 0 Å². The molecule has 1 aromatic heterocycles. The van der Waals surface area contributed by atoms with E-state index in [4.69, 9.17) is 25.5 Å². The second-order valence-corrected chi connectivity index (χ2v) is 7.91. The van der Waals surface area contributed by atoms with Crippen LogP contribution in [0.1, 0.15) is 25.5 Å². The maximum Gasteiger partial charge on any atom is 0.308 e. The molecule has 4 rings (SSSR count). The molecule has 1 aliphatic heterocycles. The smallest absolute Gasteiger partial charge is 0.308 e. The third-order valence-electron chi connectivity index (χ3n) is 5.19. The highest BCUT2D eigenvalue weighted by Gasteiger charge is 2.21. The molecule has 168 valence electrons. The number of carbonyl (C=O) groups is 1. The number of hydrogen-bond acceptors (Lipinski definition) is 7. The Morgan fingerprint density at radius 2 is 2.00 bits per heavy atom. The van der Waals surface area contributed by atoms with E-state index >= 15 is 0 Å². The van der Waals surface area contributed by atoms with Crippen LogP contribution in [0.15, 0.2) is 45.6 Å². The van der Waals surface area contributed by atoms with Crippen molar-refractivity contribution < 1.29 is 23.1 Å². The minimum absolute atomic E-state index is 0.0122. The topological polar surface area (TPSA) is 81.0 Å². The number of nitrogens with zero attached hydrogens (tertiary/aromatic N) is 1. The molecule has 0 saturated carbocycles. The molecule has 1 atom stereocenters. The van der Waals surface area contributed by atoms with Crippen molar-refractivity contribution in [1.29, 1.82) is 0 Å². The summed E-state index contributed by atoms with van der Waals surface area (Å²) in [5, 5.41) is 3.31. The Labute approximate surface area is 188 Å². The molecule has 1 N–H and O–H groups in total. The minimum atomic E-state index is -0.586. The van der Waals surface area contributed by atoms with Crippen molar-refractivity contribution in [3.8, 4) is 5.75 Å². The first-order valence-electron chi connectivity index (χ1n) is 10.2. The Balaban J connectivity index is 1.83. The summed E-state index contributed by atoms with van der Waals surface area (Å²) in [5.41, 5.74) is 0.787. The van der Waals surface area contributed by atoms with Crippen LogP contribution in [0.5, 0.6) is 5.75 Å². The van der Waals surface area contributed by atoms with Crippen molar-refractivity contribution in [3.05, 3.63) is 63.0 Å². The summed E-state index contributed by atoms with van der Waals surface area (Å²) in [6, 6.07) is 8.64. The zero-order valence-electron chi connectivity index (χ0n) is 17.6. The fraction of sp³-hybridized carbons (Fsp3) is 0.304. The van der Waals surface area contributed by atoms with Gasteiger partial charge >= 0.3 is 5.97 Å². The van der Waals surface area contributed by atoms with Crippen LogP contribution in [0.25, 0.3) is 11.0 Å². The molecule has 32 heavy (non-hydrogen) atoms. The second kappa shape index (κ2) is 9.18. The normalized spacial score (nSPS) is 14.9. The highest BCUT2D eigenvalue weighted by atomic mass is 35.5. The Hall–Kier alpha value is -3.10. The van der Waals surface area contributed by atoms with Crippen molar-refractivity contribution in [2.75, 3.05) is 36.5 Å². The average Bonchev–Trinajstić information content (AvgIpc) is 2.77. The molecular weight excluding hydrogens is 439 g/mol. The van der Waals surface area contributed by atoms with Crippen LogP contribution >= 0.6 is 11.6 Å². The zero-order valence-corrected chi connectivity index (χ0v) is 18.4. The lowest BCUT2D eigenvalue weighted by Gasteiger charge is -2.27. The number of nitrogens with one attached hydrogen (secondary N) is 1. The number of rotatable bonds is 5. The number of benzene rings is 2. The zero-order chi connectivity index (χ0) is 22.8. The van der Waals surface area contributed by atoms with Crippen LogP contribution in [0.4, 0.5) is 16.0 Å². The maximum absolute atomic E-state index is 14.5. The lowest BCUT2D eigenvalue weighted by molar-refractivity contribution is -0.131. The van der Waals surface area contributed by atoms with E-state index < -0.39 is 17.8 Å². The predicted octanol–water partition coefficient (Wildman–Crippen LogP) is 4.52. The number of hydrogen-bond donors (Lipinski definition) is 1. The molecule has 0 bridgehead atoms. The Kier molecular flexibility index (Phi) is 6.34. The summed E-state index contributed by atoms with van der Waals surface area (Å²) >= 11 is 5.90. The predicted molar refractivity (Wildman–Crippen MR) is 120 cm³/mol. The molecule has 1 unspecified atom stereocenters. The van der Waals surface area contributed by atoms with E-state index in [0.29, 0.717) is 43.3 Å². The van der Waals surface area contributed by atoms with Gasteiger partial charge in [0.15, 0.2) is 17.1 Å². The van der Waals surface area contributed by atoms with E-state index in [2.05, 4.69) is 5.32 Å². The number of morpholine rings is 1. The number of carbonyl (C=O) groups excluding carboxylic acids is 1. The van der Waals surface area contributed by atoms with Crippen LogP contribution in [0, 0.1) is 5.82 Å². The molecule has 0 amide bonds. The molecule has 1 aliphatic rings. The van der Waals surface area contributed by atoms with Gasteiger partial charge in [-0.05, 0) is 31.2 Å². The molecule has 9 heteroatoms. The molecule has 2 aromatic carbocycles. The standard InChI is InChI=1S/C23H22ClFN2O5/c1-13(26-19-5-3-4-18(24)22(19)25)16-10-15(31-14(2)28)11-17-20(29)12-21(32-23(16)17)27-6-8-30-9-7-27/h3-5,10-13,26H,6-9H2,1-2H3.